The Labute approximate surface area is 172 Å². The lowest BCUT2D eigenvalue weighted by molar-refractivity contribution is -0.140. The molecule has 1 unspecified atom stereocenters. The number of carbonyl (C=O) groups is 1. The molecule has 2 aliphatic heterocycles. The zero-order valence-electron chi connectivity index (χ0n) is 17.1. The highest BCUT2D eigenvalue weighted by Gasteiger charge is 2.36. The van der Waals surface area contributed by atoms with Crippen molar-refractivity contribution in [3.05, 3.63) is 16.1 Å². The number of thiazole rings is 1. The molecule has 1 aromatic heterocycles. The number of ether oxygens (including phenoxy) is 1. The maximum atomic E-state index is 13.1. The van der Waals surface area contributed by atoms with Crippen LogP contribution in [-0.2, 0) is 16.1 Å². The molecule has 0 spiro atoms. The standard InChI is InChI=1S/C21H34N4O2S/c1-17-20(28-16-22-17)15-24-9-6-19(14-24)25(21(26)18-4-2-5-18)8-3-7-23-10-12-27-13-11-23/h16,18-19H,2-15H2,1H3. The summed E-state index contributed by atoms with van der Waals surface area (Å²) in [6, 6.07) is 0.381. The van der Waals surface area contributed by atoms with E-state index in [0.717, 1.165) is 90.4 Å². The monoisotopic (exact) mass is 406 g/mol. The first kappa shape index (κ1) is 20.3. The second kappa shape index (κ2) is 9.65. The van der Waals surface area contributed by atoms with Crippen LogP contribution >= 0.6 is 11.3 Å². The van der Waals surface area contributed by atoms with Gasteiger partial charge < -0.3 is 9.64 Å². The van der Waals surface area contributed by atoms with E-state index < -0.39 is 0 Å². The predicted octanol–water partition coefficient (Wildman–Crippen LogP) is 2.38. The highest BCUT2D eigenvalue weighted by molar-refractivity contribution is 7.09. The van der Waals surface area contributed by atoms with E-state index in [9.17, 15) is 4.79 Å². The van der Waals surface area contributed by atoms with Crippen molar-refractivity contribution in [2.24, 2.45) is 5.92 Å². The minimum Gasteiger partial charge on any atom is -0.379 e. The predicted molar refractivity (Wildman–Crippen MR) is 111 cm³/mol. The van der Waals surface area contributed by atoms with Crippen molar-refractivity contribution in [2.75, 3.05) is 52.5 Å². The van der Waals surface area contributed by atoms with E-state index in [1.807, 2.05) is 5.51 Å². The second-order valence-corrected chi connectivity index (χ2v) is 9.44. The molecule has 1 amide bonds. The van der Waals surface area contributed by atoms with Crippen LogP contribution in [-0.4, -0.2) is 84.1 Å². The molecular weight excluding hydrogens is 372 g/mol. The normalized spacial score (nSPS) is 24.4. The van der Waals surface area contributed by atoms with Gasteiger partial charge >= 0.3 is 0 Å². The topological polar surface area (TPSA) is 48.9 Å². The van der Waals surface area contributed by atoms with Gasteiger partial charge in [-0.1, -0.05) is 6.42 Å². The zero-order chi connectivity index (χ0) is 19.3. The zero-order valence-corrected chi connectivity index (χ0v) is 18.0. The van der Waals surface area contributed by atoms with E-state index in [4.69, 9.17) is 4.74 Å². The number of nitrogens with zero attached hydrogens (tertiary/aromatic N) is 4. The first-order valence-electron chi connectivity index (χ1n) is 10.9. The van der Waals surface area contributed by atoms with Gasteiger partial charge in [-0.05, 0) is 32.6 Å². The van der Waals surface area contributed by atoms with Gasteiger partial charge in [-0.15, -0.1) is 11.3 Å². The van der Waals surface area contributed by atoms with Crippen LogP contribution < -0.4 is 0 Å². The molecule has 3 fully saturated rings. The molecule has 7 heteroatoms. The highest BCUT2D eigenvalue weighted by atomic mass is 32.1. The van der Waals surface area contributed by atoms with Gasteiger partial charge in [-0.2, -0.15) is 0 Å². The highest BCUT2D eigenvalue weighted by Crippen LogP contribution is 2.31. The van der Waals surface area contributed by atoms with Crippen molar-refractivity contribution < 1.29 is 9.53 Å². The molecule has 156 valence electrons. The third-order valence-electron chi connectivity index (χ3n) is 6.61. The Morgan fingerprint density at radius 2 is 2.07 bits per heavy atom. The average molecular weight is 407 g/mol. The molecule has 1 atom stereocenters. The fourth-order valence-electron chi connectivity index (χ4n) is 4.54. The summed E-state index contributed by atoms with van der Waals surface area (Å²) in [6.45, 7) is 10.9. The maximum Gasteiger partial charge on any atom is 0.225 e. The van der Waals surface area contributed by atoms with Crippen molar-refractivity contribution in [3.8, 4) is 0 Å². The Hall–Kier alpha value is -1.02. The Morgan fingerprint density at radius 1 is 1.25 bits per heavy atom. The average Bonchev–Trinajstić information content (AvgIpc) is 3.28. The number of likely N-dealkylation sites (tertiary alicyclic amines) is 1. The minimum atomic E-state index is 0.293. The van der Waals surface area contributed by atoms with E-state index in [1.54, 1.807) is 11.3 Å². The third kappa shape index (κ3) is 4.93. The maximum absolute atomic E-state index is 13.1. The largest absolute Gasteiger partial charge is 0.379 e. The van der Waals surface area contributed by atoms with Gasteiger partial charge in [0.15, 0.2) is 0 Å². The Bertz CT molecular complexity index is 642. The molecule has 0 aromatic carbocycles. The molecule has 1 aliphatic carbocycles. The van der Waals surface area contributed by atoms with Crippen LogP contribution in [0, 0.1) is 12.8 Å². The van der Waals surface area contributed by atoms with Crippen LogP contribution in [0.2, 0.25) is 0 Å². The van der Waals surface area contributed by atoms with Crippen LogP contribution in [0.15, 0.2) is 5.51 Å². The van der Waals surface area contributed by atoms with Gasteiger partial charge in [0.1, 0.15) is 0 Å². The smallest absolute Gasteiger partial charge is 0.225 e. The molecule has 0 N–H and O–H groups in total. The summed E-state index contributed by atoms with van der Waals surface area (Å²) in [5.74, 6) is 0.718. The number of rotatable bonds is 8. The van der Waals surface area contributed by atoms with Crippen LogP contribution in [0.3, 0.4) is 0 Å². The Kier molecular flexibility index (Phi) is 6.99. The summed E-state index contributed by atoms with van der Waals surface area (Å²) in [5, 5.41) is 0. The lowest BCUT2D eigenvalue weighted by atomic mass is 9.84. The Morgan fingerprint density at radius 3 is 2.75 bits per heavy atom. The van der Waals surface area contributed by atoms with Crippen molar-refractivity contribution in [3.63, 3.8) is 0 Å². The number of amides is 1. The van der Waals surface area contributed by atoms with Crippen molar-refractivity contribution >= 4 is 17.2 Å². The summed E-state index contributed by atoms with van der Waals surface area (Å²) < 4.78 is 5.45. The number of aryl methyl sites for hydroxylation is 1. The number of carbonyl (C=O) groups excluding carboxylic acids is 1. The first-order chi connectivity index (χ1) is 13.7. The van der Waals surface area contributed by atoms with Crippen LogP contribution in [0.25, 0.3) is 0 Å². The Balaban J connectivity index is 1.32. The summed E-state index contributed by atoms with van der Waals surface area (Å²) in [6.07, 6.45) is 5.58. The number of morpholine rings is 1. The quantitative estimate of drug-likeness (QED) is 0.663. The van der Waals surface area contributed by atoms with E-state index in [-0.39, 0.29) is 0 Å². The molecule has 4 rings (SSSR count). The molecule has 28 heavy (non-hydrogen) atoms. The SMILES string of the molecule is Cc1ncsc1CN1CCC(N(CCCN2CCOCC2)C(=O)C2CCC2)C1. The molecular formula is C21H34N4O2S. The van der Waals surface area contributed by atoms with Gasteiger partial charge in [0, 0.05) is 62.7 Å². The molecule has 6 nitrogen and oxygen atoms in total. The third-order valence-corrected chi connectivity index (χ3v) is 7.53. The molecule has 0 bridgehead atoms. The van der Waals surface area contributed by atoms with Crippen molar-refractivity contribution in [1.82, 2.24) is 19.7 Å². The summed E-state index contributed by atoms with van der Waals surface area (Å²) >= 11 is 1.75. The molecule has 0 radical (unpaired) electrons. The fraction of sp³-hybridized carbons (Fsp3) is 0.810. The van der Waals surface area contributed by atoms with E-state index in [0.29, 0.717) is 17.9 Å². The van der Waals surface area contributed by atoms with Crippen molar-refractivity contribution in [2.45, 2.75) is 51.6 Å². The van der Waals surface area contributed by atoms with Crippen LogP contribution in [0.4, 0.5) is 0 Å². The number of hydrogen-bond donors (Lipinski definition) is 0. The summed E-state index contributed by atoms with van der Waals surface area (Å²) in [5.41, 5.74) is 3.09. The number of aromatic nitrogens is 1. The molecule has 3 aliphatic rings. The van der Waals surface area contributed by atoms with Crippen molar-refractivity contribution in [1.29, 1.82) is 0 Å². The van der Waals surface area contributed by atoms with Gasteiger partial charge in [0.05, 0.1) is 24.4 Å². The van der Waals surface area contributed by atoms with Crippen LogP contribution in [0.1, 0.15) is 42.7 Å². The molecule has 3 heterocycles. The molecule has 2 saturated heterocycles. The lowest BCUT2D eigenvalue weighted by Crippen LogP contribution is -2.47. The molecule has 1 aromatic rings. The van der Waals surface area contributed by atoms with E-state index >= 15 is 0 Å². The summed E-state index contributed by atoms with van der Waals surface area (Å²) in [7, 11) is 0. The van der Waals surface area contributed by atoms with Gasteiger partial charge in [-0.3, -0.25) is 14.6 Å². The minimum absolute atomic E-state index is 0.293. The van der Waals surface area contributed by atoms with Gasteiger partial charge in [0.2, 0.25) is 5.91 Å². The summed E-state index contributed by atoms with van der Waals surface area (Å²) in [4.78, 5) is 26.1. The van der Waals surface area contributed by atoms with Crippen LogP contribution in [0.5, 0.6) is 0 Å². The second-order valence-electron chi connectivity index (χ2n) is 8.51. The number of hydrogen-bond acceptors (Lipinski definition) is 6. The van der Waals surface area contributed by atoms with E-state index in [2.05, 4.69) is 26.6 Å². The fourth-order valence-corrected chi connectivity index (χ4v) is 5.36. The van der Waals surface area contributed by atoms with E-state index in [1.165, 1.54) is 11.3 Å². The lowest BCUT2D eigenvalue weighted by Gasteiger charge is -2.36. The van der Waals surface area contributed by atoms with Gasteiger partial charge in [-0.25, -0.2) is 4.98 Å². The first-order valence-corrected chi connectivity index (χ1v) is 11.8. The van der Waals surface area contributed by atoms with Gasteiger partial charge in [0.25, 0.3) is 0 Å². The molecule has 1 saturated carbocycles.